The second-order valence-corrected chi connectivity index (χ2v) is 9.45. The molecule has 0 amide bonds. The number of hydrogen-bond acceptors (Lipinski definition) is 2. The summed E-state index contributed by atoms with van der Waals surface area (Å²) in [6.07, 6.45) is 11.6. The standard InChI is InChI=1S/C21H32O2/c1-13(22)17-6-7-18-16-5-4-14-12-15(23)8-10-20(14,2)19(16)9-11-21(17,18)3/h6,14-16,18-19,23H,4-5,7-12H2,1-3H3/t14-,15-,16-,18+,19-,20-,21+/m0/s1. The average Bonchev–Trinajstić information content (AvgIpc) is 2.85. The number of allylic oxidation sites excluding steroid dienone is 2. The molecule has 3 fully saturated rings. The van der Waals surface area contributed by atoms with Crippen LogP contribution in [0.5, 0.6) is 0 Å². The molecule has 0 unspecified atom stereocenters. The molecular formula is C21H32O2. The Labute approximate surface area is 140 Å². The first-order valence-electron chi connectivity index (χ1n) is 9.76. The zero-order valence-corrected chi connectivity index (χ0v) is 15.0. The first-order valence-corrected chi connectivity index (χ1v) is 9.76. The van der Waals surface area contributed by atoms with Gasteiger partial charge in [0.15, 0.2) is 5.78 Å². The van der Waals surface area contributed by atoms with Crippen LogP contribution in [0, 0.1) is 34.5 Å². The third-order valence-corrected chi connectivity index (χ3v) is 8.60. The number of fused-ring (bicyclic) bond motifs is 5. The van der Waals surface area contributed by atoms with E-state index in [0.29, 0.717) is 17.1 Å². The largest absolute Gasteiger partial charge is 0.393 e. The van der Waals surface area contributed by atoms with Crippen molar-refractivity contribution in [2.24, 2.45) is 34.5 Å². The van der Waals surface area contributed by atoms with E-state index in [1.807, 2.05) is 0 Å². The Morgan fingerprint density at radius 2 is 1.91 bits per heavy atom. The van der Waals surface area contributed by atoms with E-state index in [0.717, 1.165) is 42.6 Å². The summed E-state index contributed by atoms with van der Waals surface area (Å²) in [7, 11) is 0. The van der Waals surface area contributed by atoms with Gasteiger partial charge in [-0.25, -0.2) is 0 Å². The molecular weight excluding hydrogens is 284 g/mol. The molecule has 0 aromatic rings. The number of aliphatic hydroxyl groups is 1. The fraction of sp³-hybridized carbons (Fsp3) is 0.857. The molecule has 128 valence electrons. The van der Waals surface area contributed by atoms with Crippen LogP contribution in [-0.2, 0) is 4.79 Å². The van der Waals surface area contributed by atoms with E-state index in [1.165, 1.54) is 32.1 Å². The normalized spacial score (nSPS) is 52.2. The summed E-state index contributed by atoms with van der Waals surface area (Å²) >= 11 is 0. The third-order valence-electron chi connectivity index (χ3n) is 8.60. The Morgan fingerprint density at radius 1 is 1.13 bits per heavy atom. The quantitative estimate of drug-likeness (QED) is 0.772. The van der Waals surface area contributed by atoms with Crippen molar-refractivity contribution < 1.29 is 9.90 Å². The summed E-state index contributed by atoms with van der Waals surface area (Å²) in [5.74, 6) is 3.31. The number of hydrogen-bond donors (Lipinski definition) is 1. The Kier molecular flexibility index (Phi) is 3.58. The topological polar surface area (TPSA) is 37.3 Å². The molecule has 0 radical (unpaired) electrons. The first-order chi connectivity index (χ1) is 10.9. The highest BCUT2D eigenvalue weighted by Crippen LogP contribution is 2.66. The molecule has 0 bridgehead atoms. The van der Waals surface area contributed by atoms with Crippen molar-refractivity contribution in [1.82, 2.24) is 0 Å². The van der Waals surface area contributed by atoms with Gasteiger partial charge in [0.05, 0.1) is 6.10 Å². The van der Waals surface area contributed by atoms with E-state index in [4.69, 9.17) is 0 Å². The van der Waals surface area contributed by atoms with E-state index < -0.39 is 0 Å². The zero-order chi connectivity index (χ0) is 16.4. The lowest BCUT2D eigenvalue weighted by molar-refractivity contribution is -0.124. The van der Waals surface area contributed by atoms with Gasteiger partial charge in [-0.05, 0) is 98.4 Å². The van der Waals surface area contributed by atoms with Gasteiger partial charge in [0, 0.05) is 0 Å². The molecule has 0 aromatic carbocycles. The number of carbonyl (C=O) groups excluding carboxylic acids is 1. The van der Waals surface area contributed by atoms with Gasteiger partial charge in [0.25, 0.3) is 0 Å². The highest BCUT2D eigenvalue weighted by molar-refractivity contribution is 5.95. The maximum absolute atomic E-state index is 12.1. The lowest BCUT2D eigenvalue weighted by Gasteiger charge is -2.60. The van der Waals surface area contributed by atoms with Crippen molar-refractivity contribution in [1.29, 1.82) is 0 Å². The highest BCUT2D eigenvalue weighted by atomic mass is 16.3. The SMILES string of the molecule is CC(=O)C1=CC[C@@H]2[C@@H]3CC[C@H]4C[C@@H](O)CC[C@]4(C)[C@H]3CC[C@]12C. The smallest absolute Gasteiger partial charge is 0.156 e. The molecule has 0 aliphatic heterocycles. The van der Waals surface area contributed by atoms with Crippen molar-refractivity contribution in [3.8, 4) is 0 Å². The van der Waals surface area contributed by atoms with E-state index in [9.17, 15) is 9.90 Å². The van der Waals surface area contributed by atoms with Crippen molar-refractivity contribution in [3.63, 3.8) is 0 Å². The van der Waals surface area contributed by atoms with Crippen LogP contribution in [-0.4, -0.2) is 17.0 Å². The molecule has 23 heavy (non-hydrogen) atoms. The molecule has 1 N–H and O–H groups in total. The van der Waals surface area contributed by atoms with Crippen molar-refractivity contribution in [3.05, 3.63) is 11.6 Å². The van der Waals surface area contributed by atoms with E-state index in [1.54, 1.807) is 6.92 Å². The van der Waals surface area contributed by atoms with Crippen LogP contribution in [0.4, 0.5) is 0 Å². The van der Waals surface area contributed by atoms with Gasteiger partial charge in [-0.3, -0.25) is 4.79 Å². The molecule has 4 aliphatic rings. The van der Waals surface area contributed by atoms with Crippen LogP contribution in [0.3, 0.4) is 0 Å². The van der Waals surface area contributed by atoms with Crippen LogP contribution in [0.2, 0.25) is 0 Å². The Balaban J connectivity index is 1.62. The fourth-order valence-electron chi connectivity index (χ4n) is 7.35. The lowest BCUT2D eigenvalue weighted by Crippen LogP contribution is -2.53. The summed E-state index contributed by atoms with van der Waals surface area (Å²) in [6.45, 7) is 6.65. The van der Waals surface area contributed by atoms with Crippen LogP contribution in [0.25, 0.3) is 0 Å². The summed E-state index contributed by atoms with van der Waals surface area (Å²) in [5.41, 5.74) is 1.71. The summed E-state index contributed by atoms with van der Waals surface area (Å²) in [6, 6.07) is 0. The highest BCUT2D eigenvalue weighted by Gasteiger charge is 2.58. The van der Waals surface area contributed by atoms with Gasteiger partial charge in [-0.15, -0.1) is 0 Å². The third kappa shape index (κ3) is 2.13. The second kappa shape index (κ2) is 5.18. The van der Waals surface area contributed by atoms with E-state index in [2.05, 4.69) is 19.9 Å². The summed E-state index contributed by atoms with van der Waals surface area (Å²) < 4.78 is 0. The minimum atomic E-state index is -0.0593. The van der Waals surface area contributed by atoms with Gasteiger partial charge in [-0.1, -0.05) is 19.9 Å². The van der Waals surface area contributed by atoms with Crippen LogP contribution in [0.1, 0.15) is 72.1 Å². The van der Waals surface area contributed by atoms with Crippen LogP contribution < -0.4 is 0 Å². The van der Waals surface area contributed by atoms with E-state index >= 15 is 0 Å². The number of rotatable bonds is 1. The molecule has 0 aromatic heterocycles. The van der Waals surface area contributed by atoms with Crippen molar-refractivity contribution in [2.75, 3.05) is 0 Å². The molecule has 7 atom stereocenters. The maximum atomic E-state index is 12.1. The molecule has 2 nitrogen and oxygen atoms in total. The number of aliphatic hydroxyl groups excluding tert-OH is 1. The number of ketones is 1. The monoisotopic (exact) mass is 316 g/mol. The summed E-state index contributed by atoms with van der Waals surface area (Å²) in [4.78, 5) is 12.1. The Bertz CT molecular complexity index is 550. The van der Waals surface area contributed by atoms with Crippen molar-refractivity contribution >= 4 is 5.78 Å². The van der Waals surface area contributed by atoms with Gasteiger partial charge in [0.2, 0.25) is 0 Å². The lowest BCUT2D eigenvalue weighted by atomic mass is 9.44. The molecule has 0 saturated heterocycles. The Hall–Kier alpha value is -0.630. The summed E-state index contributed by atoms with van der Waals surface area (Å²) in [5, 5.41) is 10.1. The minimum absolute atomic E-state index is 0.0593. The number of Topliss-reactive ketones (excluding diaryl/α,β-unsaturated/α-hetero) is 1. The minimum Gasteiger partial charge on any atom is -0.393 e. The fourth-order valence-corrected chi connectivity index (χ4v) is 7.35. The first kappa shape index (κ1) is 15.9. The maximum Gasteiger partial charge on any atom is 0.156 e. The molecule has 2 heteroatoms. The van der Waals surface area contributed by atoms with E-state index in [-0.39, 0.29) is 11.5 Å². The van der Waals surface area contributed by atoms with Crippen molar-refractivity contribution in [2.45, 2.75) is 78.2 Å². The molecule has 3 saturated carbocycles. The van der Waals surface area contributed by atoms with Crippen LogP contribution in [0.15, 0.2) is 11.6 Å². The predicted molar refractivity (Wildman–Crippen MR) is 91.9 cm³/mol. The molecule has 0 heterocycles. The number of carbonyl (C=O) groups is 1. The molecule has 4 aliphatic carbocycles. The predicted octanol–water partition coefficient (Wildman–Crippen LogP) is 4.52. The van der Waals surface area contributed by atoms with Gasteiger partial charge >= 0.3 is 0 Å². The Morgan fingerprint density at radius 3 is 2.65 bits per heavy atom. The van der Waals surface area contributed by atoms with Gasteiger partial charge in [-0.2, -0.15) is 0 Å². The zero-order valence-electron chi connectivity index (χ0n) is 15.0. The van der Waals surface area contributed by atoms with Gasteiger partial charge < -0.3 is 5.11 Å². The van der Waals surface area contributed by atoms with Gasteiger partial charge in [0.1, 0.15) is 0 Å². The second-order valence-electron chi connectivity index (χ2n) is 9.45. The molecule has 0 spiro atoms. The average molecular weight is 316 g/mol. The van der Waals surface area contributed by atoms with Crippen LogP contribution >= 0.6 is 0 Å². The molecule has 4 rings (SSSR count).